The van der Waals surface area contributed by atoms with Crippen molar-refractivity contribution in [1.82, 2.24) is 0 Å². The van der Waals surface area contributed by atoms with Crippen molar-refractivity contribution in [3.8, 4) is 0 Å². The first-order valence-electron chi connectivity index (χ1n) is 8.97. The normalized spacial score (nSPS) is 13.2. The van der Waals surface area contributed by atoms with Gasteiger partial charge >= 0.3 is 0 Å². The molecule has 0 aliphatic carbocycles. The molecule has 1 heterocycles. The number of fused-ring (bicyclic) bond motifs is 1. The number of carbonyl (C=O) groups is 2. The number of benzene rings is 2. The molecule has 1 aliphatic rings. The van der Waals surface area contributed by atoms with E-state index in [9.17, 15) is 19.7 Å². The fourth-order valence-electron chi connectivity index (χ4n) is 3.19. The van der Waals surface area contributed by atoms with Crippen LogP contribution in [0.5, 0.6) is 0 Å². The third-order valence-electron chi connectivity index (χ3n) is 4.63. The predicted molar refractivity (Wildman–Crippen MR) is 108 cm³/mol. The van der Waals surface area contributed by atoms with E-state index in [2.05, 4.69) is 5.32 Å². The van der Waals surface area contributed by atoms with Crippen LogP contribution in [0.3, 0.4) is 0 Å². The summed E-state index contributed by atoms with van der Waals surface area (Å²) in [6, 6.07) is 9.17. The van der Waals surface area contributed by atoms with Gasteiger partial charge in [0.25, 0.3) is 11.6 Å². The van der Waals surface area contributed by atoms with E-state index < -0.39 is 10.8 Å². The summed E-state index contributed by atoms with van der Waals surface area (Å²) < 4.78 is 0. The van der Waals surface area contributed by atoms with Gasteiger partial charge < -0.3 is 10.2 Å². The Kier molecular flexibility index (Phi) is 5.65. The molecule has 0 atom stereocenters. The molecule has 0 unspecified atom stereocenters. The van der Waals surface area contributed by atoms with Crippen molar-refractivity contribution in [3.63, 3.8) is 0 Å². The largest absolute Gasteiger partial charge is 0.322 e. The number of hydrogen-bond acceptors (Lipinski definition) is 4. The maximum Gasteiger partial charge on any atom is 0.270 e. The van der Waals surface area contributed by atoms with Crippen LogP contribution in [0.1, 0.15) is 36.2 Å². The molecule has 0 radical (unpaired) electrons. The molecule has 0 aromatic heterocycles. The second-order valence-corrected chi connectivity index (χ2v) is 7.37. The Balaban J connectivity index is 1.86. The summed E-state index contributed by atoms with van der Waals surface area (Å²) in [4.78, 5) is 37.1. The Morgan fingerprint density at radius 3 is 2.61 bits per heavy atom. The van der Waals surface area contributed by atoms with Gasteiger partial charge in [-0.3, -0.25) is 19.7 Å². The Labute approximate surface area is 167 Å². The molecule has 146 valence electrons. The third-order valence-corrected chi connectivity index (χ3v) is 4.94. The average Bonchev–Trinajstić information content (AvgIpc) is 2.66. The lowest BCUT2D eigenvalue weighted by atomic mass is 9.99. The minimum Gasteiger partial charge on any atom is -0.322 e. The summed E-state index contributed by atoms with van der Waals surface area (Å²) >= 11 is 6.03. The summed E-state index contributed by atoms with van der Waals surface area (Å²) in [5, 5.41) is 13.6. The van der Waals surface area contributed by atoms with Gasteiger partial charge in [0.2, 0.25) is 5.91 Å². The first-order chi connectivity index (χ1) is 13.3. The van der Waals surface area contributed by atoms with Crippen LogP contribution in [0.2, 0.25) is 5.02 Å². The second kappa shape index (κ2) is 7.98. The number of nitrogens with one attached hydrogen (secondary N) is 1. The minimum atomic E-state index is -0.572. The minimum absolute atomic E-state index is 0.00118. The second-order valence-electron chi connectivity index (χ2n) is 6.97. The van der Waals surface area contributed by atoms with Gasteiger partial charge in [-0.25, -0.2) is 0 Å². The highest BCUT2D eigenvalue weighted by molar-refractivity contribution is 6.34. The number of nitro groups is 1. The molecule has 7 nitrogen and oxygen atoms in total. The highest BCUT2D eigenvalue weighted by Gasteiger charge is 2.25. The van der Waals surface area contributed by atoms with Crippen LogP contribution in [0.4, 0.5) is 17.1 Å². The van der Waals surface area contributed by atoms with Crippen molar-refractivity contribution in [3.05, 3.63) is 62.7 Å². The van der Waals surface area contributed by atoms with Crippen molar-refractivity contribution >= 4 is 40.5 Å². The molecule has 0 bridgehead atoms. The molecule has 0 spiro atoms. The Morgan fingerprint density at radius 1 is 1.21 bits per heavy atom. The summed E-state index contributed by atoms with van der Waals surface area (Å²) in [6.07, 6.45) is 1.77. The molecule has 1 aliphatic heterocycles. The zero-order chi connectivity index (χ0) is 20.4. The number of nitro benzene ring substituents is 1. The number of amides is 2. The van der Waals surface area contributed by atoms with Crippen LogP contribution in [-0.2, 0) is 11.2 Å². The first kappa shape index (κ1) is 19.8. The van der Waals surface area contributed by atoms with Crippen LogP contribution in [-0.4, -0.2) is 23.3 Å². The number of halogens is 1. The lowest BCUT2D eigenvalue weighted by Crippen LogP contribution is -2.38. The number of carbonyl (C=O) groups excluding carboxylic acids is 2. The Bertz CT molecular complexity index is 958. The van der Waals surface area contributed by atoms with Crippen LogP contribution in [0, 0.1) is 16.0 Å². The number of aryl methyl sites for hydroxylation is 1. The molecule has 2 amide bonds. The van der Waals surface area contributed by atoms with Crippen molar-refractivity contribution < 1.29 is 14.5 Å². The van der Waals surface area contributed by atoms with Gasteiger partial charge in [0.1, 0.15) is 0 Å². The molecular weight excluding hydrogens is 382 g/mol. The maximum absolute atomic E-state index is 12.6. The van der Waals surface area contributed by atoms with Crippen LogP contribution in [0.25, 0.3) is 0 Å². The van der Waals surface area contributed by atoms with Crippen LogP contribution >= 0.6 is 11.6 Å². The SMILES string of the molecule is CC(C)C(=O)N1CCCc2ccc(NC(=O)c3ccc([N+](=O)[O-])cc3Cl)cc21. The molecule has 1 N–H and O–H groups in total. The van der Waals surface area contributed by atoms with Crippen molar-refractivity contribution in [2.75, 3.05) is 16.8 Å². The Hall–Kier alpha value is -2.93. The van der Waals surface area contributed by atoms with E-state index in [1.54, 1.807) is 17.0 Å². The number of hydrogen-bond donors (Lipinski definition) is 1. The molecule has 28 heavy (non-hydrogen) atoms. The van der Waals surface area contributed by atoms with Gasteiger partial charge in [-0.05, 0) is 36.6 Å². The van der Waals surface area contributed by atoms with E-state index in [0.29, 0.717) is 12.2 Å². The summed E-state index contributed by atoms with van der Waals surface area (Å²) in [6.45, 7) is 4.37. The summed E-state index contributed by atoms with van der Waals surface area (Å²) in [7, 11) is 0. The third kappa shape index (κ3) is 3.99. The smallest absolute Gasteiger partial charge is 0.270 e. The van der Waals surface area contributed by atoms with Crippen molar-refractivity contribution in [1.29, 1.82) is 0 Å². The lowest BCUT2D eigenvalue weighted by Gasteiger charge is -2.31. The number of nitrogens with zero attached hydrogens (tertiary/aromatic N) is 2. The standard InChI is InChI=1S/C20H20ClN3O4/c1-12(2)20(26)23-9-3-4-13-5-6-14(10-18(13)23)22-19(25)16-8-7-15(24(27)28)11-17(16)21/h5-8,10-12H,3-4,9H2,1-2H3,(H,22,25). The number of non-ortho nitro benzene ring substituents is 1. The monoisotopic (exact) mass is 401 g/mol. The van der Waals surface area contributed by atoms with E-state index in [-0.39, 0.29) is 28.1 Å². The molecule has 0 saturated carbocycles. The maximum atomic E-state index is 12.6. The Morgan fingerprint density at radius 2 is 1.96 bits per heavy atom. The van der Waals surface area contributed by atoms with Gasteiger partial charge in [0.15, 0.2) is 0 Å². The summed E-state index contributed by atoms with van der Waals surface area (Å²) in [5.74, 6) is -0.552. The topological polar surface area (TPSA) is 92.6 Å². The van der Waals surface area contributed by atoms with E-state index in [1.165, 1.54) is 12.1 Å². The van der Waals surface area contributed by atoms with Crippen molar-refractivity contribution in [2.45, 2.75) is 26.7 Å². The first-order valence-corrected chi connectivity index (χ1v) is 9.35. The molecule has 3 rings (SSSR count). The fourth-order valence-corrected chi connectivity index (χ4v) is 3.45. The predicted octanol–water partition coefficient (Wildman–Crippen LogP) is 4.44. The highest BCUT2D eigenvalue weighted by atomic mass is 35.5. The highest BCUT2D eigenvalue weighted by Crippen LogP contribution is 2.32. The molecule has 2 aromatic rings. The van der Waals surface area contributed by atoms with Crippen LogP contribution in [0.15, 0.2) is 36.4 Å². The van der Waals surface area contributed by atoms with E-state index in [0.717, 1.165) is 30.2 Å². The number of rotatable bonds is 4. The van der Waals surface area contributed by atoms with Gasteiger partial charge in [0.05, 0.1) is 15.5 Å². The molecule has 2 aromatic carbocycles. The molecule has 0 fully saturated rings. The molecule has 8 heteroatoms. The van der Waals surface area contributed by atoms with Gasteiger partial charge in [0, 0.05) is 36.0 Å². The fraction of sp³-hybridized carbons (Fsp3) is 0.300. The van der Waals surface area contributed by atoms with Crippen LogP contribution < -0.4 is 10.2 Å². The van der Waals surface area contributed by atoms with E-state index >= 15 is 0 Å². The van der Waals surface area contributed by atoms with Crippen molar-refractivity contribution in [2.24, 2.45) is 5.92 Å². The van der Waals surface area contributed by atoms with E-state index in [1.807, 2.05) is 19.9 Å². The van der Waals surface area contributed by atoms with E-state index in [4.69, 9.17) is 11.6 Å². The lowest BCUT2D eigenvalue weighted by molar-refractivity contribution is -0.384. The van der Waals surface area contributed by atoms with Gasteiger partial charge in [-0.1, -0.05) is 31.5 Å². The molecular formula is C20H20ClN3O4. The van der Waals surface area contributed by atoms with Gasteiger partial charge in [-0.15, -0.1) is 0 Å². The van der Waals surface area contributed by atoms with Gasteiger partial charge in [-0.2, -0.15) is 0 Å². The summed E-state index contributed by atoms with van der Waals surface area (Å²) in [5.41, 5.74) is 2.35. The zero-order valence-electron chi connectivity index (χ0n) is 15.6. The zero-order valence-corrected chi connectivity index (χ0v) is 16.3. The number of anilines is 2. The molecule has 0 saturated heterocycles. The average molecular weight is 402 g/mol. The quantitative estimate of drug-likeness (QED) is 0.605.